The van der Waals surface area contributed by atoms with E-state index in [4.69, 9.17) is 4.74 Å². The summed E-state index contributed by atoms with van der Waals surface area (Å²) >= 11 is 0. The van der Waals surface area contributed by atoms with Crippen molar-refractivity contribution in [2.24, 2.45) is 0 Å². The van der Waals surface area contributed by atoms with Crippen molar-refractivity contribution in [1.29, 1.82) is 0 Å². The molecule has 0 atom stereocenters. The molecule has 142 valence electrons. The second-order valence-electron chi connectivity index (χ2n) is 5.18. The van der Waals surface area contributed by atoms with Crippen molar-refractivity contribution in [2.45, 2.75) is 19.8 Å². The predicted octanol–water partition coefficient (Wildman–Crippen LogP) is 1.26. The summed E-state index contributed by atoms with van der Waals surface area (Å²) in [6.07, 6.45) is 1.71. The fraction of sp³-hybridized carbons (Fsp3) is 0.412. The Morgan fingerprint density at radius 3 is 2.04 bits per heavy atom. The summed E-state index contributed by atoms with van der Waals surface area (Å²) in [5.41, 5.74) is 0.117. The van der Waals surface area contributed by atoms with Crippen molar-refractivity contribution < 1.29 is 33.4 Å². The summed E-state index contributed by atoms with van der Waals surface area (Å²) < 4.78 is 14.5. The molecule has 0 spiro atoms. The molecule has 1 aromatic rings. The van der Waals surface area contributed by atoms with Gasteiger partial charge in [0.15, 0.2) is 6.61 Å². The molecule has 0 aliphatic rings. The molecule has 0 saturated heterocycles. The van der Waals surface area contributed by atoms with E-state index in [2.05, 4.69) is 20.1 Å². The molecule has 1 rings (SSSR count). The van der Waals surface area contributed by atoms with Crippen LogP contribution >= 0.6 is 0 Å². The van der Waals surface area contributed by atoms with Crippen molar-refractivity contribution in [3.05, 3.63) is 29.3 Å². The van der Waals surface area contributed by atoms with Crippen molar-refractivity contribution in [3.63, 3.8) is 0 Å². The van der Waals surface area contributed by atoms with E-state index in [0.29, 0.717) is 6.54 Å². The molecule has 3 amide bonds. The van der Waals surface area contributed by atoms with Crippen LogP contribution in [0.25, 0.3) is 0 Å². The minimum atomic E-state index is -0.680. The minimum absolute atomic E-state index is 0.0584. The lowest BCUT2D eigenvalue weighted by Gasteiger charge is -2.10. The number of carbonyl (C=O) groups is 4. The third kappa shape index (κ3) is 6.80. The fourth-order valence-electron chi connectivity index (χ4n) is 1.89. The molecule has 9 heteroatoms. The quantitative estimate of drug-likeness (QED) is 0.525. The smallest absolute Gasteiger partial charge is 0.338 e. The molecule has 0 aliphatic carbocycles. The van der Waals surface area contributed by atoms with E-state index in [1.165, 1.54) is 32.4 Å². The highest BCUT2D eigenvalue weighted by Gasteiger charge is 2.15. The summed E-state index contributed by atoms with van der Waals surface area (Å²) in [4.78, 5) is 46.6. The zero-order chi connectivity index (χ0) is 19.5. The lowest BCUT2D eigenvalue weighted by molar-refractivity contribution is -0.122. The number of hydrogen-bond acceptors (Lipinski definition) is 7. The van der Waals surface area contributed by atoms with Crippen LogP contribution in [0.5, 0.6) is 5.75 Å². The average molecular weight is 366 g/mol. The third-order valence-electron chi connectivity index (χ3n) is 3.19. The maximum Gasteiger partial charge on any atom is 0.338 e. The Balaban J connectivity index is 2.73. The summed E-state index contributed by atoms with van der Waals surface area (Å²) in [6.45, 7) is 1.95. The second kappa shape index (κ2) is 10.7. The summed E-state index contributed by atoms with van der Waals surface area (Å²) in [5.74, 6) is -1.96. The number of ether oxygens (including phenoxy) is 3. The van der Waals surface area contributed by atoms with E-state index in [0.717, 1.165) is 12.8 Å². The van der Waals surface area contributed by atoms with Gasteiger partial charge in [0.25, 0.3) is 5.91 Å². The van der Waals surface area contributed by atoms with Crippen LogP contribution in [0.3, 0.4) is 0 Å². The highest BCUT2D eigenvalue weighted by Crippen LogP contribution is 2.19. The van der Waals surface area contributed by atoms with Gasteiger partial charge in [-0.25, -0.2) is 14.4 Å². The summed E-state index contributed by atoms with van der Waals surface area (Å²) in [6, 6.07) is 3.29. The molecular formula is C17H22N2O7. The van der Waals surface area contributed by atoms with Crippen LogP contribution in [0.2, 0.25) is 0 Å². The molecule has 26 heavy (non-hydrogen) atoms. The summed E-state index contributed by atoms with van der Waals surface area (Å²) in [7, 11) is 2.39. The topological polar surface area (TPSA) is 120 Å². The van der Waals surface area contributed by atoms with Crippen LogP contribution in [-0.2, 0) is 14.3 Å². The molecule has 0 heterocycles. The van der Waals surface area contributed by atoms with Crippen LogP contribution in [0.1, 0.15) is 40.5 Å². The number of imide groups is 1. The van der Waals surface area contributed by atoms with Gasteiger partial charge in [0, 0.05) is 6.54 Å². The first kappa shape index (κ1) is 20.9. The SMILES string of the molecule is CCCCNC(=O)NC(=O)COc1cc(C(=O)OC)cc(C(=O)OC)c1. The Morgan fingerprint density at radius 2 is 1.54 bits per heavy atom. The molecule has 0 saturated carbocycles. The minimum Gasteiger partial charge on any atom is -0.484 e. The van der Waals surface area contributed by atoms with Crippen LogP contribution < -0.4 is 15.4 Å². The third-order valence-corrected chi connectivity index (χ3v) is 3.19. The van der Waals surface area contributed by atoms with Gasteiger partial charge in [-0.3, -0.25) is 10.1 Å². The van der Waals surface area contributed by atoms with Gasteiger partial charge in [-0.1, -0.05) is 13.3 Å². The molecule has 2 N–H and O–H groups in total. The van der Waals surface area contributed by atoms with Gasteiger partial charge < -0.3 is 19.5 Å². The van der Waals surface area contributed by atoms with Gasteiger partial charge in [-0.15, -0.1) is 0 Å². The number of methoxy groups -OCH3 is 2. The number of benzene rings is 1. The van der Waals surface area contributed by atoms with E-state index >= 15 is 0 Å². The van der Waals surface area contributed by atoms with Crippen LogP contribution in [0, 0.1) is 0 Å². The molecule has 0 aromatic heterocycles. The Morgan fingerprint density at radius 1 is 0.962 bits per heavy atom. The van der Waals surface area contributed by atoms with Gasteiger partial charge in [-0.2, -0.15) is 0 Å². The molecule has 0 aliphatic heterocycles. The normalized spacial score (nSPS) is 9.81. The Labute approximate surface area is 151 Å². The molecule has 0 radical (unpaired) electrons. The van der Waals surface area contributed by atoms with Crippen molar-refractivity contribution in [3.8, 4) is 5.75 Å². The Bertz CT molecular complexity index is 639. The number of nitrogens with one attached hydrogen (secondary N) is 2. The first-order chi connectivity index (χ1) is 12.4. The van der Waals surface area contributed by atoms with Crippen molar-refractivity contribution in [1.82, 2.24) is 10.6 Å². The average Bonchev–Trinajstić information content (AvgIpc) is 2.64. The van der Waals surface area contributed by atoms with Gasteiger partial charge in [0.05, 0.1) is 25.3 Å². The standard InChI is InChI=1S/C17H22N2O7/c1-4-5-6-18-17(23)19-14(20)10-26-13-8-11(15(21)24-2)7-12(9-13)16(22)25-3/h7-9H,4-6,10H2,1-3H3,(H2,18,19,20,23). The monoisotopic (exact) mass is 366 g/mol. The number of amides is 3. The fourth-order valence-corrected chi connectivity index (χ4v) is 1.89. The molecule has 1 aromatic carbocycles. The van der Waals surface area contributed by atoms with Gasteiger partial charge in [0.2, 0.25) is 0 Å². The van der Waals surface area contributed by atoms with Crippen LogP contribution in [-0.4, -0.2) is 51.2 Å². The molecule has 0 fully saturated rings. The van der Waals surface area contributed by atoms with E-state index in [1.807, 2.05) is 6.92 Å². The van der Waals surface area contributed by atoms with Crippen molar-refractivity contribution >= 4 is 23.9 Å². The molecule has 0 bridgehead atoms. The van der Waals surface area contributed by atoms with Crippen molar-refractivity contribution in [2.75, 3.05) is 27.4 Å². The highest BCUT2D eigenvalue weighted by molar-refractivity contribution is 5.96. The first-order valence-electron chi connectivity index (χ1n) is 7.93. The maximum atomic E-state index is 11.7. The van der Waals surface area contributed by atoms with Crippen LogP contribution in [0.4, 0.5) is 4.79 Å². The lowest BCUT2D eigenvalue weighted by Crippen LogP contribution is -2.41. The number of hydrogen-bond donors (Lipinski definition) is 2. The van der Waals surface area contributed by atoms with Gasteiger partial charge >= 0.3 is 18.0 Å². The number of unbranched alkanes of at least 4 members (excludes halogenated alkanes) is 1. The van der Waals surface area contributed by atoms with Gasteiger partial charge in [-0.05, 0) is 24.6 Å². The number of urea groups is 1. The van der Waals surface area contributed by atoms with E-state index < -0.39 is 30.5 Å². The number of esters is 2. The Hall–Kier alpha value is -3.10. The molecular weight excluding hydrogens is 344 g/mol. The second-order valence-corrected chi connectivity index (χ2v) is 5.18. The largest absolute Gasteiger partial charge is 0.484 e. The predicted molar refractivity (Wildman–Crippen MR) is 91.1 cm³/mol. The number of rotatable bonds is 8. The highest BCUT2D eigenvalue weighted by atomic mass is 16.5. The van der Waals surface area contributed by atoms with Crippen LogP contribution in [0.15, 0.2) is 18.2 Å². The number of carbonyl (C=O) groups excluding carboxylic acids is 4. The molecule has 9 nitrogen and oxygen atoms in total. The van der Waals surface area contributed by atoms with E-state index in [-0.39, 0.29) is 16.9 Å². The van der Waals surface area contributed by atoms with Gasteiger partial charge in [0.1, 0.15) is 5.75 Å². The summed E-state index contributed by atoms with van der Waals surface area (Å²) in [5, 5.41) is 4.64. The first-order valence-corrected chi connectivity index (χ1v) is 7.93. The van der Waals surface area contributed by atoms with E-state index in [1.54, 1.807) is 0 Å². The molecule has 0 unspecified atom stereocenters. The Kier molecular flexibility index (Phi) is 8.62. The zero-order valence-electron chi connectivity index (χ0n) is 14.9. The zero-order valence-corrected chi connectivity index (χ0v) is 14.9. The lowest BCUT2D eigenvalue weighted by atomic mass is 10.1. The van der Waals surface area contributed by atoms with E-state index in [9.17, 15) is 19.2 Å². The maximum absolute atomic E-state index is 11.7.